The molecule has 0 atom stereocenters. The number of ether oxygens (including phenoxy) is 2. The molecule has 13 heteroatoms. The molecule has 0 aliphatic carbocycles. The summed E-state index contributed by atoms with van der Waals surface area (Å²) in [5.74, 6) is -1.82. The van der Waals surface area contributed by atoms with Crippen LogP contribution >= 0.6 is 0 Å². The molecule has 1 aromatic carbocycles. The molecular formula is C10H10N4O9. The third-order valence-corrected chi connectivity index (χ3v) is 2.76. The number of nitro groups is 3. The van der Waals surface area contributed by atoms with Crippen LogP contribution in [0.25, 0.3) is 0 Å². The molecule has 1 rings (SSSR count). The van der Waals surface area contributed by atoms with Crippen molar-refractivity contribution in [1.29, 1.82) is 0 Å². The van der Waals surface area contributed by atoms with Crippen molar-refractivity contribution < 1.29 is 29.1 Å². The molecular weight excluding hydrogens is 320 g/mol. The first kappa shape index (κ1) is 17.5. The van der Waals surface area contributed by atoms with E-state index in [1.54, 1.807) is 0 Å². The second-order valence-corrected chi connectivity index (χ2v) is 3.94. The van der Waals surface area contributed by atoms with E-state index in [0.29, 0.717) is 6.07 Å². The molecule has 124 valence electrons. The Labute approximate surface area is 127 Å². The van der Waals surface area contributed by atoms with E-state index in [4.69, 9.17) is 4.74 Å². The van der Waals surface area contributed by atoms with Crippen LogP contribution in [0.2, 0.25) is 0 Å². The molecule has 0 saturated heterocycles. The first-order chi connectivity index (χ1) is 10.7. The fraction of sp³-hybridized carbons (Fsp3) is 0.300. The van der Waals surface area contributed by atoms with Gasteiger partial charge in [-0.3, -0.25) is 20.2 Å². The summed E-state index contributed by atoms with van der Waals surface area (Å²) in [6.45, 7) is 0. The van der Waals surface area contributed by atoms with Gasteiger partial charge < -0.3 is 9.47 Å². The highest BCUT2D eigenvalue weighted by molar-refractivity contribution is 5.98. The lowest BCUT2D eigenvalue weighted by Gasteiger charge is -2.13. The zero-order chi connectivity index (χ0) is 17.9. The number of methoxy groups -OCH3 is 2. The first-order valence-electron chi connectivity index (χ1n) is 5.67. The van der Waals surface area contributed by atoms with Crippen LogP contribution in [0.3, 0.4) is 0 Å². The Morgan fingerprint density at radius 3 is 2.04 bits per heavy atom. The van der Waals surface area contributed by atoms with E-state index in [9.17, 15) is 35.1 Å². The van der Waals surface area contributed by atoms with Crippen molar-refractivity contribution in [3.05, 3.63) is 42.0 Å². The number of benzene rings is 1. The summed E-state index contributed by atoms with van der Waals surface area (Å²) >= 11 is 0. The fourth-order valence-electron chi connectivity index (χ4n) is 1.80. The molecule has 0 unspecified atom stereocenters. The van der Waals surface area contributed by atoms with Crippen molar-refractivity contribution in [3.63, 3.8) is 0 Å². The lowest BCUT2D eigenvalue weighted by Crippen LogP contribution is -2.26. The monoisotopic (exact) mass is 330 g/mol. The second kappa shape index (κ2) is 6.50. The van der Waals surface area contributed by atoms with Gasteiger partial charge in [0.2, 0.25) is 5.75 Å². The predicted octanol–water partition coefficient (Wildman–Crippen LogP) is 0.926. The number of anilines is 1. The maximum atomic E-state index is 11.7. The Hall–Kier alpha value is -3.51. The molecule has 0 bridgehead atoms. The summed E-state index contributed by atoms with van der Waals surface area (Å²) in [5.41, 5.74) is -3.65. The minimum Gasteiger partial charge on any atom is -0.489 e. The van der Waals surface area contributed by atoms with Gasteiger partial charge in [-0.25, -0.2) is 14.9 Å². The van der Waals surface area contributed by atoms with Gasteiger partial charge in [-0.2, -0.15) is 0 Å². The minimum atomic E-state index is -1.14. The van der Waals surface area contributed by atoms with Crippen LogP contribution in [0.1, 0.15) is 10.4 Å². The molecule has 13 nitrogen and oxygen atoms in total. The normalized spacial score (nSPS) is 9.87. The number of carbonyl (C=O) groups excluding carboxylic acids is 1. The Kier molecular flexibility index (Phi) is 4.96. The molecule has 0 aliphatic rings. The van der Waals surface area contributed by atoms with E-state index >= 15 is 0 Å². The topological polar surface area (TPSA) is 168 Å². The zero-order valence-electron chi connectivity index (χ0n) is 12.0. The van der Waals surface area contributed by atoms with E-state index in [-0.39, 0.29) is 5.01 Å². The quantitative estimate of drug-likeness (QED) is 0.415. The molecule has 0 heterocycles. The number of nitrogens with zero attached hydrogens (tertiary/aromatic N) is 4. The molecule has 0 amide bonds. The summed E-state index contributed by atoms with van der Waals surface area (Å²) in [6.07, 6.45) is 0. The molecule has 23 heavy (non-hydrogen) atoms. The third-order valence-electron chi connectivity index (χ3n) is 2.76. The van der Waals surface area contributed by atoms with E-state index in [1.807, 2.05) is 0 Å². The van der Waals surface area contributed by atoms with Crippen LogP contribution in [0, 0.1) is 30.3 Å². The van der Waals surface area contributed by atoms with Gasteiger partial charge in [0.1, 0.15) is 5.56 Å². The van der Waals surface area contributed by atoms with Crippen LogP contribution in [-0.2, 0) is 4.74 Å². The van der Waals surface area contributed by atoms with Crippen molar-refractivity contribution in [3.8, 4) is 5.75 Å². The van der Waals surface area contributed by atoms with Crippen molar-refractivity contribution in [2.75, 3.05) is 26.3 Å². The standard InChI is InChI=1S/C10H10N4O9/c1-11(14(20)21)7-6(12(16)17)4-5(10(15)23-3)9(22-2)8(7)13(18)19/h4H,1-3H3. The molecule has 0 radical (unpaired) electrons. The third kappa shape index (κ3) is 3.07. The maximum Gasteiger partial charge on any atom is 0.348 e. The lowest BCUT2D eigenvalue weighted by molar-refractivity contribution is -0.493. The van der Waals surface area contributed by atoms with Crippen LogP contribution in [0.5, 0.6) is 5.75 Å². The number of rotatable bonds is 6. The largest absolute Gasteiger partial charge is 0.489 e. The Bertz CT molecular complexity index is 702. The van der Waals surface area contributed by atoms with Crippen LogP contribution in [0.15, 0.2) is 6.07 Å². The van der Waals surface area contributed by atoms with Gasteiger partial charge in [-0.1, -0.05) is 5.01 Å². The first-order valence-corrected chi connectivity index (χ1v) is 5.67. The Morgan fingerprint density at radius 2 is 1.70 bits per heavy atom. The second-order valence-electron chi connectivity index (χ2n) is 3.94. The zero-order valence-corrected chi connectivity index (χ0v) is 12.0. The number of esters is 1. The molecule has 0 spiro atoms. The van der Waals surface area contributed by atoms with Gasteiger partial charge in [-0.15, -0.1) is 0 Å². The van der Waals surface area contributed by atoms with E-state index in [0.717, 1.165) is 21.3 Å². The van der Waals surface area contributed by atoms with Gasteiger partial charge in [-0.05, 0) is 0 Å². The molecule has 0 saturated carbocycles. The summed E-state index contributed by atoms with van der Waals surface area (Å²) in [6, 6.07) is 0.618. The highest BCUT2D eigenvalue weighted by Gasteiger charge is 2.41. The minimum absolute atomic E-state index is 0.0971. The predicted molar refractivity (Wildman–Crippen MR) is 73.0 cm³/mol. The lowest BCUT2D eigenvalue weighted by atomic mass is 10.1. The summed E-state index contributed by atoms with van der Waals surface area (Å²) in [5, 5.41) is 32.3. The Morgan fingerprint density at radius 1 is 1.13 bits per heavy atom. The van der Waals surface area contributed by atoms with Gasteiger partial charge in [0.25, 0.3) is 5.69 Å². The summed E-state index contributed by atoms with van der Waals surface area (Å²) in [4.78, 5) is 42.7. The van der Waals surface area contributed by atoms with Crippen LogP contribution < -0.4 is 9.75 Å². The SMILES string of the molecule is COC(=O)c1cc([N+](=O)[O-])c(N(C)[N+](=O)[O-])c([N+](=O)[O-])c1OC. The van der Waals surface area contributed by atoms with Crippen molar-refractivity contribution in [2.24, 2.45) is 0 Å². The molecule has 0 aromatic heterocycles. The highest BCUT2D eigenvalue weighted by atomic mass is 16.7. The maximum absolute atomic E-state index is 11.7. The fourth-order valence-corrected chi connectivity index (χ4v) is 1.80. The molecule has 1 aromatic rings. The van der Waals surface area contributed by atoms with Crippen LogP contribution in [0.4, 0.5) is 17.1 Å². The Balaban J connectivity index is 4.00. The van der Waals surface area contributed by atoms with E-state index < -0.39 is 49.2 Å². The van der Waals surface area contributed by atoms with E-state index in [2.05, 4.69) is 4.74 Å². The average molecular weight is 330 g/mol. The van der Waals surface area contributed by atoms with Crippen LogP contribution in [-0.4, -0.2) is 42.1 Å². The average Bonchev–Trinajstić information content (AvgIpc) is 2.50. The molecule has 0 aliphatic heterocycles. The molecule has 0 fully saturated rings. The van der Waals surface area contributed by atoms with Crippen molar-refractivity contribution >= 4 is 23.0 Å². The number of nitro benzene ring substituents is 2. The summed E-state index contributed by atoms with van der Waals surface area (Å²) in [7, 11) is 2.71. The van der Waals surface area contributed by atoms with E-state index in [1.165, 1.54) is 0 Å². The van der Waals surface area contributed by atoms with Gasteiger partial charge in [0.05, 0.1) is 31.1 Å². The highest BCUT2D eigenvalue weighted by Crippen LogP contribution is 2.46. The number of carbonyl (C=O) groups is 1. The smallest absolute Gasteiger partial charge is 0.348 e. The number of hydrazine groups is 1. The van der Waals surface area contributed by atoms with Gasteiger partial charge >= 0.3 is 17.3 Å². The van der Waals surface area contributed by atoms with Gasteiger partial charge in [0.15, 0.2) is 5.03 Å². The van der Waals surface area contributed by atoms with Crippen molar-refractivity contribution in [1.82, 2.24) is 0 Å². The molecule has 0 N–H and O–H groups in total. The summed E-state index contributed by atoms with van der Waals surface area (Å²) < 4.78 is 9.14. The van der Waals surface area contributed by atoms with Crippen molar-refractivity contribution in [2.45, 2.75) is 0 Å². The number of hydrogen-bond acceptors (Lipinski definition) is 9. The van der Waals surface area contributed by atoms with Gasteiger partial charge in [0, 0.05) is 6.07 Å². The number of hydrogen-bond donors (Lipinski definition) is 0.